The van der Waals surface area contributed by atoms with Gasteiger partial charge in [0.05, 0.1) is 40.0 Å². The number of unbranched alkanes of at least 4 members (excludes halogenated alkanes) is 12. The lowest BCUT2D eigenvalue weighted by Crippen LogP contribution is -2.37. The average molecular weight is 814 g/mol. The van der Waals surface area contributed by atoms with Crippen LogP contribution in [-0.2, 0) is 32.7 Å². The maximum absolute atomic E-state index is 12.6. The van der Waals surface area contributed by atoms with Gasteiger partial charge in [0.1, 0.15) is 19.8 Å². The van der Waals surface area contributed by atoms with Gasteiger partial charge in [0, 0.05) is 12.8 Å². The summed E-state index contributed by atoms with van der Waals surface area (Å²) in [5.74, 6) is -1.13. The Balaban J connectivity index is 4.63. The molecule has 0 amide bonds. The summed E-state index contributed by atoms with van der Waals surface area (Å²) in [7, 11) is 1.00. The molecule has 0 heterocycles. The second kappa shape index (κ2) is 36.0. The topological polar surface area (TPSA) is 152 Å². The lowest BCUT2D eigenvalue weighted by atomic mass is 10.0. The molecule has 326 valence electrons. The molecule has 0 bridgehead atoms. The number of likely N-dealkylation sites (N-methyl/N-ethyl adjacent to an activating group) is 1. The van der Waals surface area contributed by atoms with Gasteiger partial charge in [-0.1, -0.05) is 114 Å². The van der Waals surface area contributed by atoms with E-state index in [0.717, 1.165) is 57.8 Å². The molecule has 2 N–H and O–H groups in total. The van der Waals surface area contributed by atoms with Crippen LogP contribution in [0.2, 0.25) is 0 Å². The van der Waals surface area contributed by atoms with Gasteiger partial charge < -0.3 is 38.1 Å². The Morgan fingerprint density at radius 2 is 1.16 bits per heavy atom. The number of phosphoric ester groups is 1. The minimum Gasteiger partial charge on any atom is -0.756 e. The molecule has 0 spiro atoms. The maximum atomic E-state index is 12.6. The quantitative estimate of drug-likeness (QED) is 0.0203. The van der Waals surface area contributed by atoms with Gasteiger partial charge in [-0.2, -0.15) is 0 Å². The number of carbonyl (C=O) groups is 2. The monoisotopic (exact) mass is 814 g/mol. The highest BCUT2D eigenvalue weighted by atomic mass is 31.2. The Morgan fingerprint density at radius 3 is 1.80 bits per heavy atom. The van der Waals surface area contributed by atoms with E-state index in [1.165, 1.54) is 44.9 Å². The number of aliphatic hydroxyl groups excluding tert-OH is 2. The summed E-state index contributed by atoms with van der Waals surface area (Å²) in [5, 5.41) is 20.7. The fourth-order valence-electron chi connectivity index (χ4n) is 5.46. The third-order valence-electron chi connectivity index (χ3n) is 9.02. The van der Waals surface area contributed by atoms with Gasteiger partial charge in [0.2, 0.25) is 0 Å². The molecule has 0 aromatic heterocycles. The molecule has 0 aromatic carbocycles. The summed E-state index contributed by atoms with van der Waals surface area (Å²) in [6.07, 6.45) is 33.1. The minimum absolute atomic E-state index is 0.0397. The fraction of sp³-hybridized carbons (Fsp3) is 0.773. The van der Waals surface area contributed by atoms with Crippen LogP contribution in [-0.4, -0.2) is 92.5 Å². The van der Waals surface area contributed by atoms with Crippen LogP contribution in [0.1, 0.15) is 155 Å². The molecule has 0 aliphatic carbocycles. The van der Waals surface area contributed by atoms with Gasteiger partial charge in [0.15, 0.2) is 6.10 Å². The normalized spacial score (nSPS) is 15.2. The number of quaternary nitrogens is 1. The Hall–Kier alpha value is -2.11. The Kier molecular flexibility index (Phi) is 34.6. The number of aliphatic hydroxyl groups is 2. The van der Waals surface area contributed by atoms with Gasteiger partial charge in [-0.05, 0) is 77.0 Å². The van der Waals surface area contributed by atoms with Crippen molar-refractivity contribution in [2.45, 2.75) is 173 Å². The van der Waals surface area contributed by atoms with Gasteiger partial charge in [0.25, 0.3) is 7.82 Å². The van der Waals surface area contributed by atoms with Crippen molar-refractivity contribution < 1.29 is 52.3 Å². The second-order valence-electron chi connectivity index (χ2n) is 15.7. The van der Waals surface area contributed by atoms with E-state index in [4.69, 9.17) is 18.5 Å². The minimum atomic E-state index is -4.69. The van der Waals surface area contributed by atoms with E-state index in [9.17, 15) is 29.3 Å². The lowest BCUT2D eigenvalue weighted by Gasteiger charge is -2.28. The smallest absolute Gasteiger partial charge is 0.306 e. The summed E-state index contributed by atoms with van der Waals surface area (Å²) in [6.45, 7) is 3.82. The third-order valence-corrected chi connectivity index (χ3v) is 9.99. The maximum Gasteiger partial charge on any atom is 0.306 e. The molecular formula is C44H80NO10P. The molecular weight excluding hydrogens is 733 g/mol. The Morgan fingerprint density at radius 1 is 0.643 bits per heavy atom. The average Bonchev–Trinajstić information content (AvgIpc) is 3.14. The van der Waals surface area contributed by atoms with Crippen molar-refractivity contribution in [2.75, 3.05) is 47.5 Å². The lowest BCUT2D eigenvalue weighted by molar-refractivity contribution is -0.870. The first-order chi connectivity index (χ1) is 26.8. The zero-order valence-electron chi connectivity index (χ0n) is 35.8. The summed E-state index contributed by atoms with van der Waals surface area (Å²) in [6, 6.07) is 0. The summed E-state index contributed by atoms with van der Waals surface area (Å²) in [4.78, 5) is 37.5. The predicted molar refractivity (Wildman–Crippen MR) is 225 cm³/mol. The molecule has 12 heteroatoms. The van der Waals surface area contributed by atoms with Gasteiger partial charge >= 0.3 is 11.9 Å². The molecule has 0 aliphatic heterocycles. The van der Waals surface area contributed by atoms with E-state index in [-0.39, 0.29) is 32.3 Å². The fourth-order valence-corrected chi connectivity index (χ4v) is 6.19. The van der Waals surface area contributed by atoms with Crippen LogP contribution in [0.25, 0.3) is 0 Å². The molecule has 0 aromatic rings. The highest BCUT2D eigenvalue weighted by Gasteiger charge is 2.22. The molecule has 0 aliphatic rings. The molecule has 4 atom stereocenters. The summed E-state index contributed by atoms with van der Waals surface area (Å²) >= 11 is 0. The molecule has 0 radical (unpaired) electrons. The number of hydrogen-bond donors (Lipinski definition) is 2. The number of nitrogens with zero attached hydrogens (tertiary/aromatic N) is 1. The van der Waals surface area contributed by atoms with Crippen molar-refractivity contribution in [3.8, 4) is 0 Å². The molecule has 0 rings (SSSR count). The van der Waals surface area contributed by atoms with Crippen LogP contribution >= 0.6 is 7.82 Å². The van der Waals surface area contributed by atoms with E-state index in [0.29, 0.717) is 23.9 Å². The van der Waals surface area contributed by atoms with Crippen molar-refractivity contribution in [3.05, 3.63) is 48.6 Å². The molecule has 11 nitrogen and oxygen atoms in total. The number of hydrogen-bond acceptors (Lipinski definition) is 10. The first kappa shape index (κ1) is 53.9. The Bertz CT molecular complexity index is 1130. The molecule has 0 fully saturated rings. The second-order valence-corrected chi connectivity index (χ2v) is 17.1. The van der Waals surface area contributed by atoms with E-state index < -0.39 is 51.3 Å². The van der Waals surface area contributed by atoms with Crippen LogP contribution in [0.3, 0.4) is 0 Å². The highest BCUT2D eigenvalue weighted by molar-refractivity contribution is 7.45. The van der Waals surface area contributed by atoms with E-state index >= 15 is 0 Å². The van der Waals surface area contributed by atoms with Gasteiger partial charge in [-0.15, -0.1) is 0 Å². The van der Waals surface area contributed by atoms with Crippen LogP contribution < -0.4 is 4.89 Å². The largest absolute Gasteiger partial charge is 0.756 e. The summed E-state index contributed by atoms with van der Waals surface area (Å²) < 4.78 is 33.6. The van der Waals surface area contributed by atoms with Crippen molar-refractivity contribution in [1.29, 1.82) is 0 Å². The molecule has 3 unspecified atom stereocenters. The Labute approximate surface area is 340 Å². The van der Waals surface area contributed by atoms with E-state index in [1.54, 1.807) is 0 Å². The molecule has 0 saturated heterocycles. The number of carbonyl (C=O) groups excluding carboxylic acids is 2. The van der Waals surface area contributed by atoms with Crippen LogP contribution in [0.4, 0.5) is 0 Å². The van der Waals surface area contributed by atoms with Crippen molar-refractivity contribution in [3.63, 3.8) is 0 Å². The van der Waals surface area contributed by atoms with Crippen molar-refractivity contribution in [1.82, 2.24) is 0 Å². The predicted octanol–water partition coefficient (Wildman–Crippen LogP) is 9.22. The molecule has 56 heavy (non-hydrogen) atoms. The number of ether oxygens (including phenoxy) is 2. The van der Waals surface area contributed by atoms with Crippen LogP contribution in [0, 0.1) is 0 Å². The van der Waals surface area contributed by atoms with Crippen molar-refractivity contribution >= 4 is 19.8 Å². The van der Waals surface area contributed by atoms with Gasteiger partial charge in [-0.3, -0.25) is 14.2 Å². The zero-order valence-corrected chi connectivity index (χ0v) is 36.7. The first-order valence-electron chi connectivity index (χ1n) is 21.5. The number of phosphoric acid groups is 1. The standard InChI is InChI=1S/C44H80NO10P/c1-6-8-10-12-14-16-18-20-22-24-26-28-30-34-44(49)55-40(39-54-56(50,51)53-37-36-45(3,4)5)38-52-43(48)35-31-33-42(47)41(46)32-29-27-25-23-21-19-17-15-13-11-9-7-2/h15-18,21,23,27,29,40-42,46-47H,6-14,19-20,22,24-26,28,30-39H2,1-5H3/b17-15-,18-16-,23-21-,29-27-/t40-,41?,42?/m1/s1. The number of allylic oxidation sites excluding steroid dienone is 7. The summed E-state index contributed by atoms with van der Waals surface area (Å²) in [5.41, 5.74) is 0. The van der Waals surface area contributed by atoms with Crippen LogP contribution in [0.5, 0.6) is 0 Å². The van der Waals surface area contributed by atoms with E-state index in [2.05, 4.69) is 50.3 Å². The highest BCUT2D eigenvalue weighted by Crippen LogP contribution is 2.38. The molecule has 0 saturated carbocycles. The van der Waals surface area contributed by atoms with E-state index in [1.807, 2.05) is 33.3 Å². The van der Waals surface area contributed by atoms with Crippen LogP contribution in [0.15, 0.2) is 48.6 Å². The SMILES string of the molecule is CCCCC/C=C\C/C=C\C/C=C\CC(O)C(O)CCCC(=O)OC[C@H](COP(=O)([O-])OCC[N+](C)(C)C)OC(=O)CCCCCCC/C=C\CCCCCC. The zero-order chi connectivity index (χ0) is 41.8. The number of rotatable bonds is 38. The number of esters is 2. The third kappa shape index (κ3) is 37.5. The first-order valence-corrected chi connectivity index (χ1v) is 23.0. The van der Waals surface area contributed by atoms with Crippen molar-refractivity contribution in [2.24, 2.45) is 0 Å². The van der Waals surface area contributed by atoms with Gasteiger partial charge in [-0.25, -0.2) is 0 Å².